The number of likely N-dealkylation sites (N-methyl/N-ethyl adjacent to an activating group) is 1. The van der Waals surface area contributed by atoms with E-state index < -0.39 is 0 Å². The Labute approximate surface area is 111 Å². The van der Waals surface area contributed by atoms with E-state index in [0.29, 0.717) is 5.75 Å². The summed E-state index contributed by atoms with van der Waals surface area (Å²) in [5, 5.41) is 0.976. The van der Waals surface area contributed by atoms with Crippen LogP contribution in [0.2, 0.25) is 0 Å². The molecule has 1 aliphatic rings. The van der Waals surface area contributed by atoms with Crippen molar-refractivity contribution < 1.29 is 14.3 Å². The molecule has 1 unspecified atom stereocenters. The number of rotatable bonds is 2. The third-order valence-electron chi connectivity index (χ3n) is 3.55. The summed E-state index contributed by atoms with van der Waals surface area (Å²) < 4.78 is 12.4. The maximum absolute atomic E-state index is 12.4. The van der Waals surface area contributed by atoms with E-state index >= 15 is 0 Å². The average Bonchev–Trinajstić information content (AvgIpc) is 2.99. The van der Waals surface area contributed by atoms with Crippen molar-refractivity contribution in [3.05, 3.63) is 24.4 Å². The van der Waals surface area contributed by atoms with Gasteiger partial charge in [0.2, 0.25) is 12.7 Å². The van der Waals surface area contributed by atoms with Gasteiger partial charge in [0.15, 0.2) is 11.5 Å². The van der Waals surface area contributed by atoms with Crippen molar-refractivity contribution in [2.45, 2.75) is 13.0 Å². The highest BCUT2D eigenvalue weighted by atomic mass is 16.7. The van der Waals surface area contributed by atoms with Crippen molar-refractivity contribution >= 4 is 16.8 Å². The van der Waals surface area contributed by atoms with E-state index in [0.717, 1.165) is 16.7 Å². The maximum atomic E-state index is 12.4. The molecule has 5 nitrogen and oxygen atoms in total. The number of hydrogen-bond donors (Lipinski definition) is 0. The predicted octanol–water partition coefficient (Wildman–Crippen LogP) is 1.96. The average molecular weight is 260 g/mol. The molecule has 0 bridgehead atoms. The van der Waals surface area contributed by atoms with Gasteiger partial charge in [0.05, 0.1) is 11.6 Å². The number of fused-ring (bicyclic) bond motifs is 2. The number of carbonyl (C=O) groups excluding carboxylic acids is 1. The van der Waals surface area contributed by atoms with Crippen molar-refractivity contribution in [1.82, 2.24) is 9.47 Å². The summed E-state index contributed by atoms with van der Waals surface area (Å²) in [6.45, 7) is 2.13. The lowest BCUT2D eigenvalue weighted by atomic mass is 10.2. The Kier molecular flexibility index (Phi) is 2.71. The minimum absolute atomic E-state index is 0.0406. The molecule has 2 heterocycles. The van der Waals surface area contributed by atoms with Crippen molar-refractivity contribution in [3.8, 4) is 11.5 Å². The molecule has 0 saturated heterocycles. The standard InChI is InChI=1S/C14H16N2O3/c1-9(15(2)3)14(17)16-5-4-10-6-12-13(7-11(10)16)19-8-18-12/h4-7,9H,8H2,1-3H3. The third-order valence-corrected chi connectivity index (χ3v) is 3.55. The van der Waals surface area contributed by atoms with Crippen LogP contribution in [0, 0.1) is 0 Å². The fourth-order valence-electron chi connectivity index (χ4n) is 2.14. The van der Waals surface area contributed by atoms with E-state index in [2.05, 4.69) is 0 Å². The molecule has 1 atom stereocenters. The van der Waals surface area contributed by atoms with Crippen LogP contribution < -0.4 is 9.47 Å². The van der Waals surface area contributed by atoms with E-state index in [1.807, 2.05) is 44.1 Å². The second-order valence-corrected chi connectivity index (χ2v) is 4.93. The SMILES string of the molecule is CC(C(=O)n1ccc2cc3c(cc21)OCO3)N(C)C. The van der Waals surface area contributed by atoms with Crippen molar-refractivity contribution in [3.63, 3.8) is 0 Å². The second kappa shape index (κ2) is 4.28. The molecule has 0 amide bonds. The lowest BCUT2D eigenvalue weighted by Crippen LogP contribution is -2.36. The monoisotopic (exact) mass is 260 g/mol. The predicted molar refractivity (Wildman–Crippen MR) is 71.8 cm³/mol. The van der Waals surface area contributed by atoms with Gasteiger partial charge in [-0.25, -0.2) is 0 Å². The van der Waals surface area contributed by atoms with Crippen molar-refractivity contribution in [2.75, 3.05) is 20.9 Å². The summed E-state index contributed by atoms with van der Waals surface area (Å²) in [5.74, 6) is 1.47. The molecule has 0 radical (unpaired) electrons. The van der Waals surface area contributed by atoms with E-state index in [1.54, 1.807) is 10.8 Å². The molecule has 0 aliphatic carbocycles. The zero-order valence-corrected chi connectivity index (χ0v) is 11.2. The maximum Gasteiger partial charge on any atom is 0.248 e. The van der Waals surface area contributed by atoms with Crippen molar-refractivity contribution in [2.24, 2.45) is 0 Å². The fourth-order valence-corrected chi connectivity index (χ4v) is 2.14. The Hall–Kier alpha value is -2.01. The summed E-state index contributed by atoms with van der Waals surface area (Å²) in [5.41, 5.74) is 0.850. The van der Waals surface area contributed by atoms with Gasteiger partial charge in [0, 0.05) is 17.6 Å². The number of ether oxygens (including phenoxy) is 2. The molecule has 5 heteroatoms. The third kappa shape index (κ3) is 1.86. The summed E-state index contributed by atoms with van der Waals surface area (Å²) in [4.78, 5) is 14.3. The van der Waals surface area contributed by atoms with Crippen LogP contribution in [-0.4, -0.2) is 42.3 Å². The van der Waals surface area contributed by atoms with Crippen molar-refractivity contribution in [1.29, 1.82) is 0 Å². The number of benzene rings is 1. The van der Waals surface area contributed by atoms with E-state index in [4.69, 9.17) is 9.47 Å². The van der Waals surface area contributed by atoms with Gasteiger partial charge in [0.25, 0.3) is 0 Å². The number of aromatic nitrogens is 1. The van der Waals surface area contributed by atoms with Crippen LogP contribution >= 0.6 is 0 Å². The summed E-state index contributed by atoms with van der Waals surface area (Å²) in [6.07, 6.45) is 1.79. The van der Waals surface area contributed by atoms with Crippen LogP contribution in [0.3, 0.4) is 0 Å². The van der Waals surface area contributed by atoms with Gasteiger partial charge in [-0.2, -0.15) is 0 Å². The highest BCUT2D eigenvalue weighted by molar-refractivity contribution is 5.96. The van der Waals surface area contributed by atoms with Gasteiger partial charge >= 0.3 is 0 Å². The molecule has 0 saturated carbocycles. The smallest absolute Gasteiger partial charge is 0.248 e. The number of carbonyl (C=O) groups is 1. The Balaban J connectivity index is 2.08. The quantitative estimate of drug-likeness (QED) is 0.828. The first kappa shape index (κ1) is 12.0. The number of nitrogens with zero attached hydrogens (tertiary/aromatic N) is 2. The van der Waals surface area contributed by atoms with Crippen LogP contribution in [0.4, 0.5) is 0 Å². The molecule has 0 spiro atoms. The zero-order chi connectivity index (χ0) is 13.6. The molecule has 0 fully saturated rings. The Morgan fingerprint density at radius 2 is 2.00 bits per heavy atom. The summed E-state index contributed by atoms with van der Waals surface area (Å²) in [7, 11) is 3.78. The fraction of sp³-hybridized carbons (Fsp3) is 0.357. The van der Waals surface area contributed by atoms with Gasteiger partial charge in [-0.15, -0.1) is 0 Å². The van der Waals surface area contributed by atoms with Crippen LogP contribution in [0.15, 0.2) is 24.4 Å². The molecule has 3 rings (SSSR count). The molecule has 2 aromatic rings. The van der Waals surface area contributed by atoms with E-state index in [9.17, 15) is 4.79 Å². The van der Waals surface area contributed by atoms with Gasteiger partial charge < -0.3 is 9.47 Å². The first-order valence-corrected chi connectivity index (χ1v) is 6.19. The summed E-state index contributed by atoms with van der Waals surface area (Å²) >= 11 is 0. The molecular formula is C14H16N2O3. The normalized spacial score (nSPS) is 15.2. The zero-order valence-electron chi connectivity index (χ0n) is 11.2. The highest BCUT2D eigenvalue weighted by Gasteiger charge is 2.21. The van der Waals surface area contributed by atoms with E-state index in [1.165, 1.54) is 0 Å². The molecule has 1 aromatic carbocycles. The largest absolute Gasteiger partial charge is 0.454 e. The molecule has 0 N–H and O–H groups in total. The van der Waals surface area contributed by atoms with Crippen LogP contribution in [0.5, 0.6) is 11.5 Å². The van der Waals surface area contributed by atoms with Crippen LogP contribution in [0.25, 0.3) is 10.9 Å². The molecule has 1 aliphatic heterocycles. The topological polar surface area (TPSA) is 43.7 Å². The molecular weight excluding hydrogens is 244 g/mol. The van der Waals surface area contributed by atoms with Gasteiger partial charge in [0.1, 0.15) is 0 Å². The van der Waals surface area contributed by atoms with Gasteiger partial charge in [-0.3, -0.25) is 14.3 Å². The van der Waals surface area contributed by atoms with E-state index in [-0.39, 0.29) is 18.7 Å². The minimum Gasteiger partial charge on any atom is -0.454 e. The first-order chi connectivity index (χ1) is 9.08. The summed E-state index contributed by atoms with van der Waals surface area (Å²) in [6, 6.07) is 5.50. The second-order valence-electron chi connectivity index (χ2n) is 4.93. The van der Waals surface area contributed by atoms with Gasteiger partial charge in [-0.1, -0.05) is 0 Å². The highest BCUT2D eigenvalue weighted by Crippen LogP contribution is 2.36. The number of hydrogen-bond acceptors (Lipinski definition) is 4. The van der Waals surface area contributed by atoms with Gasteiger partial charge in [-0.05, 0) is 33.2 Å². The lowest BCUT2D eigenvalue weighted by molar-refractivity contribution is 0.0809. The minimum atomic E-state index is -0.180. The van der Waals surface area contributed by atoms with Crippen LogP contribution in [-0.2, 0) is 0 Å². The first-order valence-electron chi connectivity index (χ1n) is 6.19. The molecule has 100 valence electrons. The Morgan fingerprint density at radius 3 is 2.68 bits per heavy atom. The molecule has 19 heavy (non-hydrogen) atoms. The molecule has 1 aromatic heterocycles. The van der Waals surface area contributed by atoms with Crippen LogP contribution in [0.1, 0.15) is 11.7 Å². The Morgan fingerprint density at radius 1 is 1.32 bits per heavy atom. The lowest BCUT2D eigenvalue weighted by Gasteiger charge is -2.19. The Bertz CT molecular complexity index is 645.